The first-order valence-corrected chi connectivity index (χ1v) is 8.11. The molecule has 0 bridgehead atoms. The predicted molar refractivity (Wildman–Crippen MR) is 102 cm³/mol. The van der Waals surface area contributed by atoms with Crippen LogP contribution in [0.4, 0.5) is 5.69 Å². The third-order valence-electron chi connectivity index (χ3n) is 4.07. The molecule has 130 valence electrons. The van der Waals surface area contributed by atoms with Crippen LogP contribution in [-0.2, 0) is 13.6 Å². The number of methoxy groups -OCH3 is 1. The van der Waals surface area contributed by atoms with Crippen LogP contribution in [0.1, 0.15) is 17.0 Å². The van der Waals surface area contributed by atoms with Gasteiger partial charge < -0.3 is 20.4 Å². The Bertz CT molecular complexity index is 922. The second-order valence-electron chi connectivity index (χ2n) is 6.14. The summed E-state index contributed by atoms with van der Waals surface area (Å²) in [4.78, 5) is 9.04. The van der Waals surface area contributed by atoms with Crippen molar-refractivity contribution in [1.82, 2.24) is 9.55 Å². The number of imidazole rings is 1. The molecular formula is C19H23N5O. The number of benzene rings is 2. The van der Waals surface area contributed by atoms with Crippen molar-refractivity contribution < 1.29 is 4.74 Å². The minimum Gasteiger partial charge on any atom is -0.497 e. The van der Waals surface area contributed by atoms with Gasteiger partial charge in [-0.25, -0.2) is 9.98 Å². The Hall–Kier alpha value is -3.02. The van der Waals surface area contributed by atoms with E-state index in [4.69, 9.17) is 10.5 Å². The average Bonchev–Trinajstić information content (AvgIpc) is 2.87. The van der Waals surface area contributed by atoms with Crippen LogP contribution in [-0.4, -0.2) is 22.6 Å². The molecule has 0 aliphatic rings. The summed E-state index contributed by atoms with van der Waals surface area (Å²) >= 11 is 0. The Labute approximate surface area is 147 Å². The number of aryl methyl sites for hydroxylation is 3. The molecule has 1 aromatic heterocycles. The first kappa shape index (κ1) is 16.8. The third kappa shape index (κ3) is 3.74. The fourth-order valence-corrected chi connectivity index (χ4v) is 2.89. The summed E-state index contributed by atoms with van der Waals surface area (Å²) in [7, 11) is 3.62. The molecule has 0 saturated heterocycles. The van der Waals surface area contributed by atoms with Crippen molar-refractivity contribution in [3.63, 3.8) is 0 Å². The molecule has 3 N–H and O–H groups in total. The van der Waals surface area contributed by atoms with Gasteiger partial charge in [0.1, 0.15) is 18.1 Å². The van der Waals surface area contributed by atoms with Crippen molar-refractivity contribution in [2.45, 2.75) is 20.4 Å². The van der Waals surface area contributed by atoms with Gasteiger partial charge in [0.15, 0.2) is 5.96 Å². The third-order valence-corrected chi connectivity index (χ3v) is 4.07. The summed E-state index contributed by atoms with van der Waals surface area (Å²) in [6.07, 6.45) is 0. The van der Waals surface area contributed by atoms with Gasteiger partial charge in [-0.3, -0.25) is 0 Å². The SMILES string of the molecule is COc1ccc2c(c1)nc(CN=C(N)Nc1cc(C)cc(C)c1)n2C. The Balaban J connectivity index is 1.78. The van der Waals surface area contributed by atoms with Crippen LogP contribution in [0.25, 0.3) is 11.0 Å². The smallest absolute Gasteiger partial charge is 0.193 e. The Morgan fingerprint density at radius 3 is 2.60 bits per heavy atom. The lowest BCUT2D eigenvalue weighted by Crippen LogP contribution is -2.23. The van der Waals surface area contributed by atoms with E-state index in [2.05, 4.69) is 35.2 Å². The van der Waals surface area contributed by atoms with Crippen LogP contribution in [0, 0.1) is 13.8 Å². The van der Waals surface area contributed by atoms with E-state index >= 15 is 0 Å². The monoisotopic (exact) mass is 337 g/mol. The maximum absolute atomic E-state index is 6.03. The molecule has 0 fully saturated rings. The zero-order valence-electron chi connectivity index (χ0n) is 15.0. The van der Waals surface area contributed by atoms with Crippen molar-refractivity contribution in [2.24, 2.45) is 17.8 Å². The zero-order valence-corrected chi connectivity index (χ0v) is 15.0. The lowest BCUT2D eigenvalue weighted by molar-refractivity contribution is 0.415. The van der Waals surface area contributed by atoms with Gasteiger partial charge in [0, 0.05) is 18.8 Å². The number of nitrogens with zero attached hydrogens (tertiary/aromatic N) is 3. The van der Waals surface area contributed by atoms with Crippen molar-refractivity contribution in [3.05, 3.63) is 53.3 Å². The first-order chi connectivity index (χ1) is 12.0. The number of ether oxygens (including phenoxy) is 1. The molecule has 0 aliphatic heterocycles. The number of fused-ring (bicyclic) bond motifs is 1. The van der Waals surface area contributed by atoms with E-state index < -0.39 is 0 Å². The van der Waals surface area contributed by atoms with Crippen LogP contribution in [0.5, 0.6) is 5.75 Å². The van der Waals surface area contributed by atoms with Gasteiger partial charge in [0.2, 0.25) is 0 Å². The molecule has 2 aromatic carbocycles. The summed E-state index contributed by atoms with van der Waals surface area (Å²) in [6.45, 7) is 4.51. The van der Waals surface area contributed by atoms with Gasteiger partial charge >= 0.3 is 0 Å². The number of nitrogens with one attached hydrogen (secondary N) is 1. The number of aliphatic imine (C=N–C) groups is 1. The molecule has 1 heterocycles. The summed E-state index contributed by atoms with van der Waals surface area (Å²) < 4.78 is 7.26. The van der Waals surface area contributed by atoms with Crippen LogP contribution in [0.15, 0.2) is 41.4 Å². The average molecular weight is 337 g/mol. The fraction of sp³-hybridized carbons (Fsp3) is 0.263. The Morgan fingerprint density at radius 1 is 1.20 bits per heavy atom. The molecule has 0 amide bonds. The van der Waals surface area contributed by atoms with Gasteiger partial charge in [0.25, 0.3) is 0 Å². The molecule has 25 heavy (non-hydrogen) atoms. The highest BCUT2D eigenvalue weighted by molar-refractivity contribution is 5.92. The number of hydrogen-bond acceptors (Lipinski definition) is 3. The van der Waals surface area contributed by atoms with Crippen molar-refractivity contribution in [1.29, 1.82) is 0 Å². The topological polar surface area (TPSA) is 77.5 Å². The molecule has 0 spiro atoms. The lowest BCUT2D eigenvalue weighted by atomic mass is 10.1. The quantitative estimate of drug-likeness (QED) is 0.566. The molecule has 6 nitrogen and oxygen atoms in total. The second-order valence-corrected chi connectivity index (χ2v) is 6.14. The van der Waals surface area contributed by atoms with Gasteiger partial charge in [0.05, 0.1) is 18.1 Å². The van der Waals surface area contributed by atoms with Crippen molar-refractivity contribution >= 4 is 22.7 Å². The number of hydrogen-bond donors (Lipinski definition) is 2. The van der Waals surface area contributed by atoms with Crippen LogP contribution in [0.3, 0.4) is 0 Å². The second kappa shape index (κ2) is 6.84. The molecule has 0 radical (unpaired) electrons. The van der Waals surface area contributed by atoms with Crippen LogP contribution < -0.4 is 15.8 Å². The number of guanidine groups is 1. The summed E-state index contributed by atoms with van der Waals surface area (Å²) in [5, 5.41) is 3.14. The molecule has 0 atom stereocenters. The molecule has 3 rings (SSSR count). The highest BCUT2D eigenvalue weighted by Gasteiger charge is 2.08. The minimum atomic E-state index is 0.370. The number of anilines is 1. The van der Waals surface area contributed by atoms with E-state index in [1.807, 2.05) is 41.9 Å². The molecule has 0 aliphatic carbocycles. The molecule has 3 aromatic rings. The number of rotatable bonds is 4. The zero-order chi connectivity index (χ0) is 18.0. The van der Waals surface area contributed by atoms with E-state index in [0.717, 1.165) is 28.3 Å². The van der Waals surface area contributed by atoms with Gasteiger partial charge in [-0.05, 0) is 49.2 Å². The standard InChI is InChI=1S/C19H23N5O/c1-12-7-13(2)9-14(8-12)22-19(20)21-11-18-23-16-10-15(25-4)5-6-17(16)24(18)3/h5-10H,11H2,1-4H3,(H3,20,21,22). The molecule has 6 heteroatoms. The van der Waals surface area contributed by atoms with E-state index in [-0.39, 0.29) is 0 Å². The maximum Gasteiger partial charge on any atom is 0.193 e. The van der Waals surface area contributed by atoms with E-state index in [1.54, 1.807) is 7.11 Å². The van der Waals surface area contributed by atoms with Gasteiger partial charge in [-0.1, -0.05) is 6.07 Å². The van der Waals surface area contributed by atoms with Crippen LogP contribution in [0.2, 0.25) is 0 Å². The van der Waals surface area contributed by atoms with Gasteiger partial charge in [-0.2, -0.15) is 0 Å². The summed E-state index contributed by atoms with van der Waals surface area (Å²) in [6, 6.07) is 12.0. The first-order valence-electron chi connectivity index (χ1n) is 8.11. The lowest BCUT2D eigenvalue weighted by Gasteiger charge is -2.08. The Kier molecular flexibility index (Phi) is 4.61. The maximum atomic E-state index is 6.03. The normalized spacial score (nSPS) is 11.8. The highest BCUT2D eigenvalue weighted by atomic mass is 16.5. The Morgan fingerprint density at radius 2 is 1.92 bits per heavy atom. The molecule has 0 unspecified atom stereocenters. The number of aromatic nitrogens is 2. The largest absolute Gasteiger partial charge is 0.497 e. The predicted octanol–water partition coefficient (Wildman–Crippen LogP) is 3.13. The number of nitrogens with two attached hydrogens (primary N) is 1. The van der Waals surface area contributed by atoms with Crippen molar-refractivity contribution in [2.75, 3.05) is 12.4 Å². The highest BCUT2D eigenvalue weighted by Crippen LogP contribution is 2.21. The van der Waals surface area contributed by atoms with E-state index in [0.29, 0.717) is 12.5 Å². The van der Waals surface area contributed by atoms with Crippen LogP contribution >= 0.6 is 0 Å². The fourth-order valence-electron chi connectivity index (χ4n) is 2.89. The summed E-state index contributed by atoms with van der Waals surface area (Å²) in [5.74, 6) is 2.00. The minimum absolute atomic E-state index is 0.370. The molecular weight excluding hydrogens is 314 g/mol. The van der Waals surface area contributed by atoms with E-state index in [1.165, 1.54) is 11.1 Å². The van der Waals surface area contributed by atoms with Crippen molar-refractivity contribution in [3.8, 4) is 5.75 Å². The molecule has 0 saturated carbocycles. The summed E-state index contributed by atoms with van der Waals surface area (Å²) in [5.41, 5.74) is 11.2. The van der Waals surface area contributed by atoms with E-state index in [9.17, 15) is 0 Å². The van der Waals surface area contributed by atoms with Gasteiger partial charge in [-0.15, -0.1) is 0 Å².